The molecule has 78 valence electrons. The predicted molar refractivity (Wildman–Crippen MR) is 69.2 cm³/mol. The molecule has 0 amide bonds. The molecule has 16 heavy (non-hydrogen) atoms. The lowest BCUT2D eigenvalue weighted by Gasteiger charge is -2.02. The van der Waals surface area contributed by atoms with Gasteiger partial charge in [-0.2, -0.15) is 0 Å². The van der Waals surface area contributed by atoms with Gasteiger partial charge in [-0.25, -0.2) is 0 Å². The quantitative estimate of drug-likeness (QED) is 0.659. The van der Waals surface area contributed by atoms with E-state index in [9.17, 15) is 0 Å². The topological polar surface area (TPSA) is 0 Å². The number of benzene rings is 2. The first-order chi connectivity index (χ1) is 7.83. The summed E-state index contributed by atoms with van der Waals surface area (Å²) >= 11 is 0. The van der Waals surface area contributed by atoms with E-state index in [1.165, 1.54) is 27.8 Å². The van der Waals surface area contributed by atoms with Gasteiger partial charge in [0.05, 0.1) is 0 Å². The highest BCUT2D eigenvalue weighted by atomic mass is 14.2. The summed E-state index contributed by atoms with van der Waals surface area (Å²) in [5, 5.41) is 0. The van der Waals surface area contributed by atoms with Crippen molar-refractivity contribution in [1.82, 2.24) is 0 Å². The summed E-state index contributed by atoms with van der Waals surface area (Å²) in [6.45, 7) is 2.13. The lowest BCUT2D eigenvalue weighted by Crippen LogP contribution is -1.85. The first-order valence-corrected chi connectivity index (χ1v) is 5.68. The van der Waals surface area contributed by atoms with Crippen LogP contribution in [-0.4, -0.2) is 0 Å². The molecule has 3 rings (SSSR count). The van der Waals surface area contributed by atoms with Gasteiger partial charge in [0.1, 0.15) is 0 Å². The Morgan fingerprint density at radius 3 is 2.38 bits per heavy atom. The molecule has 2 aromatic carbocycles. The van der Waals surface area contributed by atoms with Gasteiger partial charge in [-0.3, -0.25) is 0 Å². The average molecular weight is 206 g/mol. The van der Waals surface area contributed by atoms with E-state index in [-0.39, 0.29) is 0 Å². The molecular weight excluding hydrogens is 192 g/mol. The molecule has 0 aliphatic heterocycles. The second-order valence-electron chi connectivity index (χ2n) is 4.41. The molecule has 1 aliphatic rings. The van der Waals surface area contributed by atoms with Crippen molar-refractivity contribution in [2.24, 2.45) is 0 Å². The molecule has 0 unspecified atom stereocenters. The zero-order chi connectivity index (χ0) is 11.0. The molecule has 0 aromatic heterocycles. The summed E-state index contributed by atoms with van der Waals surface area (Å²) in [6.07, 6.45) is 3.37. The highest BCUT2D eigenvalue weighted by molar-refractivity contribution is 5.88. The van der Waals surface area contributed by atoms with Crippen molar-refractivity contribution in [3.8, 4) is 0 Å². The summed E-state index contributed by atoms with van der Waals surface area (Å²) in [6, 6.07) is 17.4. The van der Waals surface area contributed by atoms with Crippen molar-refractivity contribution in [2.75, 3.05) is 0 Å². The van der Waals surface area contributed by atoms with Gasteiger partial charge in [0.15, 0.2) is 0 Å². The number of hydrogen-bond donors (Lipinski definition) is 0. The molecule has 0 saturated carbocycles. The van der Waals surface area contributed by atoms with Crippen LogP contribution in [0.25, 0.3) is 11.6 Å². The maximum Gasteiger partial charge on any atom is -0.00137 e. The Morgan fingerprint density at radius 2 is 1.62 bits per heavy atom. The first-order valence-electron chi connectivity index (χ1n) is 5.68. The molecular formula is C16H14. The molecule has 0 spiro atoms. The monoisotopic (exact) mass is 206 g/mol. The normalized spacial score (nSPS) is 13.4. The van der Waals surface area contributed by atoms with Crippen molar-refractivity contribution >= 4 is 11.6 Å². The highest BCUT2D eigenvalue weighted by Crippen LogP contribution is 2.31. The Morgan fingerprint density at radius 1 is 0.875 bits per heavy atom. The Labute approximate surface area is 96.3 Å². The van der Waals surface area contributed by atoms with Crippen LogP contribution in [0.3, 0.4) is 0 Å². The molecule has 0 atom stereocenters. The van der Waals surface area contributed by atoms with E-state index in [1.807, 2.05) is 0 Å². The fourth-order valence-electron chi connectivity index (χ4n) is 2.23. The Balaban J connectivity index is 1.98. The standard InChI is InChI=1S/C16H14/c1-12-6-8-13(9-7-12)16-10-14-4-2-3-5-15(14)11-16/h2-10H,11H2,1H3. The van der Waals surface area contributed by atoms with Crippen molar-refractivity contribution < 1.29 is 0 Å². The molecule has 0 heteroatoms. The SMILES string of the molecule is Cc1ccc(C2=Cc3ccccc3C2)cc1. The lowest BCUT2D eigenvalue weighted by atomic mass is 10.0. The number of hydrogen-bond acceptors (Lipinski definition) is 0. The van der Waals surface area contributed by atoms with E-state index in [2.05, 4.69) is 61.5 Å². The Kier molecular flexibility index (Phi) is 2.14. The zero-order valence-corrected chi connectivity index (χ0v) is 9.40. The number of allylic oxidation sites excluding steroid dienone is 1. The van der Waals surface area contributed by atoms with Crippen LogP contribution in [-0.2, 0) is 6.42 Å². The third-order valence-corrected chi connectivity index (χ3v) is 3.19. The third-order valence-electron chi connectivity index (χ3n) is 3.19. The van der Waals surface area contributed by atoms with Gasteiger partial charge in [0.2, 0.25) is 0 Å². The van der Waals surface area contributed by atoms with Crippen molar-refractivity contribution in [2.45, 2.75) is 13.3 Å². The summed E-state index contributed by atoms with van der Waals surface area (Å²) in [7, 11) is 0. The predicted octanol–water partition coefficient (Wildman–Crippen LogP) is 4.09. The largest absolute Gasteiger partial charge is 0.0619 e. The number of aryl methyl sites for hydroxylation is 1. The van der Waals surface area contributed by atoms with Gasteiger partial charge in [-0.05, 0) is 35.6 Å². The summed E-state index contributed by atoms with van der Waals surface area (Å²) in [5.74, 6) is 0. The van der Waals surface area contributed by atoms with Crippen LogP contribution in [0.5, 0.6) is 0 Å². The lowest BCUT2D eigenvalue weighted by molar-refractivity contribution is 1.31. The van der Waals surface area contributed by atoms with Crippen LogP contribution in [0.2, 0.25) is 0 Å². The molecule has 0 bridgehead atoms. The minimum atomic E-state index is 1.07. The van der Waals surface area contributed by atoms with Crippen LogP contribution in [0.4, 0.5) is 0 Å². The van der Waals surface area contributed by atoms with Crippen molar-refractivity contribution in [1.29, 1.82) is 0 Å². The van der Waals surface area contributed by atoms with Crippen LogP contribution >= 0.6 is 0 Å². The van der Waals surface area contributed by atoms with E-state index in [0.29, 0.717) is 0 Å². The van der Waals surface area contributed by atoms with Gasteiger partial charge in [0, 0.05) is 0 Å². The maximum absolute atomic E-state index is 2.31. The molecule has 1 aliphatic carbocycles. The molecule has 2 aromatic rings. The molecule has 0 radical (unpaired) electrons. The fourth-order valence-corrected chi connectivity index (χ4v) is 2.23. The molecule has 0 saturated heterocycles. The van der Waals surface area contributed by atoms with Crippen LogP contribution in [0.15, 0.2) is 48.5 Å². The van der Waals surface area contributed by atoms with Gasteiger partial charge in [-0.15, -0.1) is 0 Å². The number of fused-ring (bicyclic) bond motifs is 1. The summed E-state index contributed by atoms with van der Waals surface area (Å²) in [5.41, 5.74) is 6.92. The minimum absolute atomic E-state index is 1.07. The molecule has 0 fully saturated rings. The van der Waals surface area contributed by atoms with Gasteiger partial charge < -0.3 is 0 Å². The Bertz CT molecular complexity index is 545. The molecule has 0 nitrogen and oxygen atoms in total. The highest BCUT2D eigenvalue weighted by Gasteiger charge is 2.12. The maximum atomic E-state index is 2.31. The van der Waals surface area contributed by atoms with E-state index in [1.54, 1.807) is 0 Å². The second kappa shape index (κ2) is 3.64. The van der Waals surface area contributed by atoms with Crippen molar-refractivity contribution in [3.63, 3.8) is 0 Å². The van der Waals surface area contributed by atoms with Gasteiger partial charge in [0.25, 0.3) is 0 Å². The first kappa shape index (κ1) is 9.41. The van der Waals surface area contributed by atoms with E-state index in [4.69, 9.17) is 0 Å². The second-order valence-corrected chi connectivity index (χ2v) is 4.41. The number of rotatable bonds is 1. The summed E-state index contributed by atoms with van der Waals surface area (Å²) < 4.78 is 0. The average Bonchev–Trinajstić information content (AvgIpc) is 2.73. The van der Waals surface area contributed by atoms with Gasteiger partial charge >= 0.3 is 0 Å². The minimum Gasteiger partial charge on any atom is -0.0619 e. The smallest absolute Gasteiger partial charge is 0.00137 e. The van der Waals surface area contributed by atoms with Crippen LogP contribution < -0.4 is 0 Å². The zero-order valence-electron chi connectivity index (χ0n) is 9.40. The van der Waals surface area contributed by atoms with E-state index >= 15 is 0 Å². The van der Waals surface area contributed by atoms with Crippen LogP contribution in [0.1, 0.15) is 22.3 Å². The van der Waals surface area contributed by atoms with Crippen molar-refractivity contribution in [3.05, 3.63) is 70.8 Å². The van der Waals surface area contributed by atoms with E-state index in [0.717, 1.165) is 6.42 Å². The molecule has 0 N–H and O–H groups in total. The fraction of sp³-hybridized carbons (Fsp3) is 0.125. The summed E-state index contributed by atoms with van der Waals surface area (Å²) in [4.78, 5) is 0. The third kappa shape index (κ3) is 1.57. The van der Waals surface area contributed by atoms with E-state index < -0.39 is 0 Å². The molecule has 0 heterocycles. The Hall–Kier alpha value is -1.82. The van der Waals surface area contributed by atoms with Gasteiger partial charge in [-0.1, -0.05) is 60.2 Å². The van der Waals surface area contributed by atoms with Crippen LogP contribution in [0, 0.1) is 6.92 Å².